The van der Waals surface area contributed by atoms with E-state index in [1.54, 1.807) is 7.11 Å². The van der Waals surface area contributed by atoms with Gasteiger partial charge in [0, 0.05) is 12.1 Å². The zero-order chi connectivity index (χ0) is 14.7. The minimum atomic E-state index is 0.215. The second-order valence-corrected chi connectivity index (χ2v) is 6.17. The van der Waals surface area contributed by atoms with E-state index in [1.807, 2.05) is 0 Å². The van der Waals surface area contributed by atoms with Crippen LogP contribution in [0.5, 0.6) is 5.75 Å². The fourth-order valence-electron chi connectivity index (χ4n) is 3.32. The first-order valence-corrected chi connectivity index (χ1v) is 7.70. The first-order chi connectivity index (χ1) is 9.54. The zero-order valence-corrected chi connectivity index (χ0v) is 13.2. The topological polar surface area (TPSA) is 38.5 Å². The number of benzene rings is 1. The Kier molecular flexibility index (Phi) is 5.06. The lowest BCUT2D eigenvalue weighted by atomic mass is 9.94. The highest BCUT2D eigenvalue weighted by atomic mass is 16.5. The van der Waals surface area contributed by atoms with Crippen molar-refractivity contribution < 1.29 is 4.74 Å². The molecule has 2 unspecified atom stereocenters. The highest BCUT2D eigenvalue weighted by Crippen LogP contribution is 2.33. The molecule has 1 aliphatic rings. The molecule has 3 nitrogen and oxygen atoms in total. The van der Waals surface area contributed by atoms with E-state index in [1.165, 1.54) is 24.0 Å². The van der Waals surface area contributed by atoms with Crippen LogP contribution < -0.4 is 10.5 Å². The van der Waals surface area contributed by atoms with Gasteiger partial charge in [-0.1, -0.05) is 18.6 Å². The molecule has 112 valence electrons. The van der Waals surface area contributed by atoms with Gasteiger partial charge in [0.2, 0.25) is 0 Å². The standard InChI is InChI=1S/C17H28N2O/c1-12(2)19-10-6-5-7-15(18)17(19)14-8-9-16(20-4)13(3)11-14/h8-9,11-12,15,17H,5-7,10,18H2,1-4H3. The van der Waals surface area contributed by atoms with Crippen molar-refractivity contribution in [2.75, 3.05) is 13.7 Å². The molecule has 20 heavy (non-hydrogen) atoms. The molecule has 0 saturated carbocycles. The summed E-state index contributed by atoms with van der Waals surface area (Å²) in [5.74, 6) is 0.951. The minimum Gasteiger partial charge on any atom is -0.496 e. The Morgan fingerprint density at radius 1 is 1.30 bits per heavy atom. The van der Waals surface area contributed by atoms with Crippen LogP contribution in [0.15, 0.2) is 18.2 Å². The van der Waals surface area contributed by atoms with Gasteiger partial charge < -0.3 is 10.5 Å². The molecule has 2 N–H and O–H groups in total. The molecule has 1 heterocycles. The number of hydrogen-bond donors (Lipinski definition) is 1. The molecule has 0 radical (unpaired) electrons. The number of methoxy groups -OCH3 is 1. The number of rotatable bonds is 3. The Balaban J connectivity index is 2.36. The lowest BCUT2D eigenvalue weighted by molar-refractivity contribution is 0.144. The van der Waals surface area contributed by atoms with E-state index in [9.17, 15) is 0 Å². The van der Waals surface area contributed by atoms with E-state index in [2.05, 4.69) is 43.9 Å². The maximum Gasteiger partial charge on any atom is 0.121 e. The summed E-state index contributed by atoms with van der Waals surface area (Å²) < 4.78 is 5.37. The molecule has 2 atom stereocenters. The Morgan fingerprint density at radius 2 is 2.05 bits per heavy atom. The number of nitrogens with two attached hydrogens (primary N) is 1. The maximum absolute atomic E-state index is 6.49. The molecule has 1 aliphatic heterocycles. The highest BCUT2D eigenvalue weighted by Gasteiger charge is 2.30. The van der Waals surface area contributed by atoms with E-state index in [-0.39, 0.29) is 6.04 Å². The van der Waals surface area contributed by atoms with Crippen LogP contribution in [0.3, 0.4) is 0 Å². The third-order valence-corrected chi connectivity index (χ3v) is 4.39. The molecule has 1 fully saturated rings. The minimum absolute atomic E-state index is 0.215. The quantitative estimate of drug-likeness (QED) is 0.921. The lowest BCUT2D eigenvalue weighted by Crippen LogP contribution is -2.43. The van der Waals surface area contributed by atoms with Crippen LogP contribution >= 0.6 is 0 Å². The summed E-state index contributed by atoms with van der Waals surface area (Å²) in [6, 6.07) is 7.54. The van der Waals surface area contributed by atoms with Gasteiger partial charge in [-0.3, -0.25) is 4.90 Å². The number of nitrogens with zero attached hydrogens (tertiary/aromatic N) is 1. The molecule has 0 aromatic heterocycles. The van der Waals surface area contributed by atoms with E-state index in [4.69, 9.17) is 10.5 Å². The third-order valence-electron chi connectivity index (χ3n) is 4.39. The predicted molar refractivity (Wildman–Crippen MR) is 84.1 cm³/mol. The van der Waals surface area contributed by atoms with Gasteiger partial charge >= 0.3 is 0 Å². The van der Waals surface area contributed by atoms with Gasteiger partial charge in [-0.15, -0.1) is 0 Å². The van der Waals surface area contributed by atoms with Gasteiger partial charge in [-0.2, -0.15) is 0 Å². The van der Waals surface area contributed by atoms with Crippen molar-refractivity contribution in [1.82, 2.24) is 4.90 Å². The number of ether oxygens (including phenoxy) is 1. The van der Waals surface area contributed by atoms with Crippen molar-refractivity contribution in [3.63, 3.8) is 0 Å². The normalized spacial score (nSPS) is 24.7. The highest BCUT2D eigenvalue weighted by molar-refractivity contribution is 5.38. The smallest absolute Gasteiger partial charge is 0.121 e. The molecule has 1 aromatic rings. The Hall–Kier alpha value is -1.06. The van der Waals surface area contributed by atoms with Crippen molar-refractivity contribution in [1.29, 1.82) is 0 Å². The number of likely N-dealkylation sites (tertiary alicyclic amines) is 1. The van der Waals surface area contributed by atoms with Crippen LogP contribution in [0, 0.1) is 6.92 Å². The molecule has 1 aromatic carbocycles. The van der Waals surface area contributed by atoms with Crippen molar-refractivity contribution in [3.05, 3.63) is 29.3 Å². The molecule has 0 amide bonds. The first-order valence-electron chi connectivity index (χ1n) is 7.70. The third kappa shape index (κ3) is 3.15. The van der Waals surface area contributed by atoms with E-state index >= 15 is 0 Å². The molecule has 0 spiro atoms. The second-order valence-electron chi connectivity index (χ2n) is 6.17. The summed E-state index contributed by atoms with van der Waals surface area (Å²) in [5.41, 5.74) is 9.00. The summed E-state index contributed by atoms with van der Waals surface area (Å²) in [7, 11) is 1.72. The van der Waals surface area contributed by atoms with Crippen molar-refractivity contribution in [2.45, 2.75) is 58.2 Å². The second kappa shape index (κ2) is 6.59. The van der Waals surface area contributed by atoms with Crippen LogP contribution in [0.2, 0.25) is 0 Å². The van der Waals surface area contributed by atoms with Gasteiger partial charge in [-0.05, 0) is 57.4 Å². The van der Waals surface area contributed by atoms with Crippen molar-refractivity contribution in [3.8, 4) is 5.75 Å². The number of hydrogen-bond acceptors (Lipinski definition) is 3. The van der Waals surface area contributed by atoms with Crippen LogP contribution in [0.25, 0.3) is 0 Å². The SMILES string of the molecule is COc1ccc(C2C(N)CCCCN2C(C)C)cc1C. The van der Waals surface area contributed by atoms with Gasteiger partial charge in [0.15, 0.2) is 0 Å². The largest absolute Gasteiger partial charge is 0.496 e. The summed E-state index contributed by atoms with van der Waals surface area (Å²) in [4.78, 5) is 2.55. The van der Waals surface area contributed by atoms with Crippen LogP contribution in [0.1, 0.15) is 50.3 Å². The maximum atomic E-state index is 6.49. The monoisotopic (exact) mass is 276 g/mol. The first kappa shape index (κ1) is 15.3. The van der Waals surface area contributed by atoms with Gasteiger partial charge in [0.1, 0.15) is 5.75 Å². The van der Waals surface area contributed by atoms with Gasteiger partial charge in [-0.25, -0.2) is 0 Å². The van der Waals surface area contributed by atoms with Gasteiger partial charge in [0.25, 0.3) is 0 Å². The fourth-order valence-corrected chi connectivity index (χ4v) is 3.32. The Morgan fingerprint density at radius 3 is 2.65 bits per heavy atom. The summed E-state index contributed by atoms with van der Waals surface area (Å²) in [6.45, 7) is 7.77. The van der Waals surface area contributed by atoms with Crippen molar-refractivity contribution in [2.24, 2.45) is 5.73 Å². The lowest BCUT2D eigenvalue weighted by Gasteiger charge is -2.37. The fraction of sp³-hybridized carbons (Fsp3) is 0.647. The van der Waals surface area contributed by atoms with E-state index < -0.39 is 0 Å². The molecule has 2 rings (SSSR count). The average Bonchev–Trinajstić information content (AvgIpc) is 2.60. The van der Waals surface area contributed by atoms with Crippen LogP contribution in [-0.2, 0) is 0 Å². The van der Waals surface area contributed by atoms with Crippen LogP contribution in [-0.4, -0.2) is 30.6 Å². The predicted octanol–water partition coefficient (Wildman–Crippen LogP) is 3.27. The molecule has 3 heteroatoms. The van der Waals surface area contributed by atoms with E-state index in [0.29, 0.717) is 12.1 Å². The molecular formula is C17H28N2O. The molecule has 1 saturated heterocycles. The Labute approximate surface area is 123 Å². The molecular weight excluding hydrogens is 248 g/mol. The van der Waals surface area contributed by atoms with E-state index in [0.717, 1.165) is 18.7 Å². The van der Waals surface area contributed by atoms with Gasteiger partial charge in [0.05, 0.1) is 13.2 Å². The number of aryl methyl sites for hydroxylation is 1. The van der Waals surface area contributed by atoms with Crippen LogP contribution in [0.4, 0.5) is 0 Å². The Bertz CT molecular complexity index is 445. The summed E-state index contributed by atoms with van der Waals surface area (Å²) in [5, 5.41) is 0. The zero-order valence-electron chi connectivity index (χ0n) is 13.2. The summed E-state index contributed by atoms with van der Waals surface area (Å²) >= 11 is 0. The molecule has 0 bridgehead atoms. The average molecular weight is 276 g/mol. The van der Waals surface area contributed by atoms with Crippen molar-refractivity contribution >= 4 is 0 Å². The summed E-state index contributed by atoms with van der Waals surface area (Å²) in [6.07, 6.45) is 3.59. The molecule has 0 aliphatic carbocycles.